The van der Waals surface area contributed by atoms with Crippen LogP contribution >= 0.6 is 11.6 Å². The van der Waals surface area contributed by atoms with Gasteiger partial charge in [0.05, 0.1) is 0 Å². The van der Waals surface area contributed by atoms with Crippen LogP contribution in [0.1, 0.15) is 19.8 Å². The second-order valence-corrected chi connectivity index (χ2v) is 4.58. The molecule has 0 radical (unpaired) electrons. The number of para-hydroxylation sites is 1. The number of anilines is 1. The van der Waals surface area contributed by atoms with Gasteiger partial charge in [-0.15, -0.1) is 11.6 Å². The lowest BCUT2D eigenvalue weighted by atomic mass is 10.0. The molecule has 1 unspecified atom stereocenters. The van der Waals surface area contributed by atoms with Gasteiger partial charge in [-0.1, -0.05) is 25.1 Å². The van der Waals surface area contributed by atoms with Gasteiger partial charge < -0.3 is 4.90 Å². The molecule has 0 aliphatic carbocycles. The number of hydrogen-bond donors (Lipinski definition) is 0. The van der Waals surface area contributed by atoms with E-state index in [1.54, 1.807) is 4.90 Å². The number of carbonyl (C=O) groups is 1. The van der Waals surface area contributed by atoms with Gasteiger partial charge in [0, 0.05) is 12.2 Å². The molecule has 2 nitrogen and oxygen atoms in total. The molecule has 0 saturated carbocycles. The van der Waals surface area contributed by atoms with E-state index in [9.17, 15) is 4.79 Å². The van der Waals surface area contributed by atoms with Gasteiger partial charge in [-0.2, -0.15) is 0 Å². The van der Waals surface area contributed by atoms with E-state index in [0.717, 1.165) is 18.7 Å². The minimum Gasteiger partial charge on any atom is -0.311 e. The first-order valence-corrected chi connectivity index (χ1v) is 5.61. The van der Waals surface area contributed by atoms with Crippen LogP contribution in [0.5, 0.6) is 0 Å². The lowest BCUT2D eigenvalue weighted by molar-refractivity contribution is -0.119. The Kier molecular flexibility index (Phi) is 2.70. The van der Waals surface area contributed by atoms with Crippen LogP contribution < -0.4 is 4.90 Å². The Balaban J connectivity index is 2.25. The largest absolute Gasteiger partial charge is 0.311 e. The standard InChI is InChI=1S/C12H14ClNO/c1-2-12(13)8-9-14(11(12)15)10-6-4-3-5-7-10/h3-7H,2,8-9H2,1H3. The maximum absolute atomic E-state index is 12.1. The fourth-order valence-electron chi connectivity index (χ4n) is 1.92. The second kappa shape index (κ2) is 3.86. The molecule has 2 rings (SSSR count). The van der Waals surface area contributed by atoms with E-state index in [-0.39, 0.29) is 5.91 Å². The molecule has 15 heavy (non-hydrogen) atoms. The predicted octanol–water partition coefficient (Wildman–Crippen LogP) is 2.81. The first kappa shape index (κ1) is 10.5. The average molecular weight is 224 g/mol. The molecule has 1 atom stereocenters. The van der Waals surface area contributed by atoms with Gasteiger partial charge in [-0.3, -0.25) is 4.79 Å². The zero-order valence-electron chi connectivity index (χ0n) is 8.74. The molecule has 80 valence electrons. The number of halogens is 1. The number of amides is 1. The number of carbonyl (C=O) groups excluding carboxylic acids is 1. The van der Waals surface area contributed by atoms with Crippen molar-refractivity contribution in [1.29, 1.82) is 0 Å². The summed E-state index contributed by atoms with van der Waals surface area (Å²) >= 11 is 6.26. The van der Waals surface area contributed by atoms with E-state index in [2.05, 4.69) is 0 Å². The normalized spacial score (nSPS) is 26.0. The summed E-state index contributed by atoms with van der Waals surface area (Å²) in [6.45, 7) is 2.68. The van der Waals surface area contributed by atoms with Gasteiger partial charge in [-0.05, 0) is 25.0 Å². The summed E-state index contributed by atoms with van der Waals surface area (Å²) in [6, 6.07) is 9.69. The van der Waals surface area contributed by atoms with Gasteiger partial charge in [0.2, 0.25) is 5.91 Å². The molecule has 0 bridgehead atoms. The topological polar surface area (TPSA) is 20.3 Å². The molecule has 0 aromatic heterocycles. The fourth-order valence-corrected chi connectivity index (χ4v) is 2.11. The number of rotatable bonds is 2. The van der Waals surface area contributed by atoms with Crippen molar-refractivity contribution in [2.75, 3.05) is 11.4 Å². The van der Waals surface area contributed by atoms with Crippen LogP contribution in [0.2, 0.25) is 0 Å². The number of nitrogens with zero attached hydrogens (tertiary/aromatic N) is 1. The Bertz CT molecular complexity index is 365. The molecule has 1 aromatic carbocycles. The molecule has 3 heteroatoms. The molecule has 0 spiro atoms. The molecule has 1 saturated heterocycles. The quantitative estimate of drug-likeness (QED) is 0.706. The Morgan fingerprint density at radius 2 is 2.07 bits per heavy atom. The maximum Gasteiger partial charge on any atom is 0.248 e. The molecule has 1 fully saturated rings. The van der Waals surface area contributed by atoms with Crippen LogP contribution in [0.3, 0.4) is 0 Å². The van der Waals surface area contributed by atoms with Crippen molar-refractivity contribution in [3.05, 3.63) is 30.3 Å². The van der Waals surface area contributed by atoms with Gasteiger partial charge in [0.15, 0.2) is 0 Å². The Labute approximate surface area is 94.8 Å². The summed E-state index contributed by atoms with van der Waals surface area (Å²) < 4.78 is 0. The van der Waals surface area contributed by atoms with Crippen molar-refractivity contribution in [1.82, 2.24) is 0 Å². The lowest BCUT2D eigenvalue weighted by Crippen LogP contribution is -2.35. The highest BCUT2D eigenvalue weighted by Crippen LogP contribution is 2.35. The SMILES string of the molecule is CCC1(Cl)CCN(c2ccccc2)C1=O. The van der Waals surface area contributed by atoms with Gasteiger partial charge in [0.1, 0.15) is 4.87 Å². The minimum atomic E-state index is -0.671. The van der Waals surface area contributed by atoms with E-state index in [4.69, 9.17) is 11.6 Å². The van der Waals surface area contributed by atoms with Crippen LogP contribution in [-0.4, -0.2) is 17.3 Å². The van der Waals surface area contributed by atoms with E-state index in [1.165, 1.54) is 0 Å². The molecule has 1 heterocycles. The first-order valence-electron chi connectivity index (χ1n) is 5.23. The molecule has 1 aliphatic heterocycles. The van der Waals surface area contributed by atoms with E-state index >= 15 is 0 Å². The van der Waals surface area contributed by atoms with E-state index in [1.807, 2.05) is 37.3 Å². The molecule has 0 N–H and O–H groups in total. The van der Waals surface area contributed by atoms with Crippen molar-refractivity contribution >= 4 is 23.2 Å². The van der Waals surface area contributed by atoms with Crippen LogP contribution in [0.4, 0.5) is 5.69 Å². The summed E-state index contributed by atoms with van der Waals surface area (Å²) in [5.74, 6) is 0.0397. The fraction of sp³-hybridized carbons (Fsp3) is 0.417. The summed E-state index contributed by atoms with van der Waals surface area (Å²) in [7, 11) is 0. The lowest BCUT2D eigenvalue weighted by Gasteiger charge is -2.20. The summed E-state index contributed by atoms with van der Waals surface area (Å²) in [4.78, 5) is 13.2. The third-order valence-electron chi connectivity index (χ3n) is 2.99. The van der Waals surface area contributed by atoms with Gasteiger partial charge in [0.25, 0.3) is 0 Å². The highest BCUT2D eigenvalue weighted by molar-refractivity contribution is 6.37. The minimum absolute atomic E-state index is 0.0397. The third kappa shape index (κ3) is 1.74. The average Bonchev–Trinajstić information content (AvgIpc) is 2.58. The van der Waals surface area contributed by atoms with Crippen molar-refractivity contribution in [3.8, 4) is 0 Å². The van der Waals surface area contributed by atoms with E-state index in [0.29, 0.717) is 6.42 Å². The summed E-state index contributed by atoms with van der Waals surface area (Å²) in [5, 5.41) is 0. The predicted molar refractivity (Wildman–Crippen MR) is 62.3 cm³/mol. The highest BCUT2D eigenvalue weighted by Gasteiger charge is 2.44. The van der Waals surface area contributed by atoms with Gasteiger partial charge in [-0.25, -0.2) is 0 Å². The van der Waals surface area contributed by atoms with Crippen molar-refractivity contribution in [2.45, 2.75) is 24.6 Å². The molecular weight excluding hydrogens is 210 g/mol. The van der Waals surface area contributed by atoms with Crippen molar-refractivity contribution in [2.24, 2.45) is 0 Å². The first-order chi connectivity index (χ1) is 7.17. The Morgan fingerprint density at radius 3 is 2.60 bits per heavy atom. The van der Waals surface area contributed by atoms with E-state index < -0.39 is 4.87 Å². The molecule has 1 aliphatic rings. The van der Waals surface area contributed by atoms with Crippen molar-refractivity contribution < 1.29 is 4.79 Å². The smallest absolute Gasteiger partial charge is 0.248 e. The van der Waals surface area contributed by atoms with Crippen LogP contribution in [0.25, 0.3) is 0 Å². The monoisotopic (exact) mass is 223 g/mol. The third-order valence-corrected chi connectivity index (χ3v) is 3.61. The highest BCUT2D eigenvalue weighted by atomic mass is 35.5. The molecular formula is C12H14ClNO. The number of hydrogen-bond acceptors (Lipinski definition) is 1. The Morgan fingerprint density at radius 1 is 1.40 bits per heavy atom. The summed E-state index contributed by atoms with van der Waals surface area (Å²) in [5.41, 5.74) is 0.943. The summed E-state index contributed by atoms with van der Waals surface area (Å²) in [6.07, 6.45) is 1.43. The number of alkyl halides is 1. The molecule has 1 aromatic rings. The molecule has 1 amide bonds. The zero-order chi connectivity index (χ0) is 10.9. The van der Waals surface area contributed by atoms with Gasteiger partial charge >= 0.3 is 0 Å². The van der Waals surface area contributed by atoms with Crippen molar-refractivity contribution in [3.63, 3.8) is 0 Å². The van der Waals surface area contributed by atoms with Crippen LogP contribution in [0, 0.1) is 0 Å². The second-order valence-electron chi connectivity index (χ2n) is 3.86. The number of benzene rings is 1. The Hall–Kier alpha value is -1.02. The van der Waals surface area contributed by atoms with Crippen LogP contribution in [0.15, 0.2) is 30.3 Å². The van der Waals surface area contributed by atoms with Crippen LogP contribution in [-0.2, 0) is 4.79 Å². The zero-order valence-corrected chi connectivity index (χ0v) is 9.50. The maximum atomic E-state index is 12.1.